The standard InChI is InChI=1S/C14H22N2/c1-11-7-8-12(2)16(9-11)10-13-5-3-4-6-14(13)15/h3-6,11-12H,7-10,15H2,1-2H3. The van der Waals surface area contributed by atoms with E-state index in [4.69, 9.17) is 5.73 Å². The van der Waals surface area contributed by atoms with Crippen molar-refractivity contribution in [1.29, 1.82) is 0 Å². The molecule has 0 amide bonds. The lowest BCUT2D eigenvalue weighted by Crippen LogP contribution is -2.40. The molecule has 1 saturated heterocycles. The van der Waals surface area contributed by atoms with Crippen molar-refractivity contribution in [2.75, 3.05) is 12.3 Å². The van der Waals surface area contributed by atoms with Crippen molar-refractivity contribution in [2.45, 2.75) is 39.3 Å². The van der Waals surface area contributed by atoms with Crippen LogP contribution < -0.4 is 5.73 Å². The molecule has 0 saturated carbocycles. The van der Waals surface area contributed by atoms with Crippen LogP contribution in [0.4, 0.5) is 5.69 Å². The second-order valence-electron chi connectivity index (χ2n) is 5.16. The Balaban J connectivity index is 2.06. The number of anilines is 1. The largest absolute Gasteiger partial charge is 0.398 e. The summed E-state index contributed by atoms with van der Waals surface area (Å²) in [6, 6.07) is 8.90. The first-order chi connectivity index (χ1) is 7.66. The molecule has 0 radical (unpaired) electrons. The van der Waals surface area contributed by atoms with Gasteiger partial charge in [0, 0.05) is 24.8 Å². The fraction of sp³-hybridized carbons (Fsp3) is 0.571. The van der Waals surface area contributed by atoms with Gasteiger partial charge in [-0.25, -0.2) is 0 Å². The molecule has 0 bridgehead atoms. The Labute approximate surface area is 98.4 Å². The first kappa shape index (κ1) is 11.5. The number of piperidine rings is 1. The van der Waals surface area contributed by atoms with Crippen molar-refractivity contribution in [3.05, 3.63) is 29.8 Å². The van der Waals surface area contributed by atoms with Gasteiger partial charge in [-0.1, -0.05) is 25.1 Å². The summed E-state index contributed by atoms with van der Waals surface area (Å²) in [4.78, 5) is 2.56. The van der Waals surface area contributed by atoms with Gasteiger partial charge in [0.1, 0.15) is 0 Å². The Morgan fingerprint density at radius 1 is 1.25 bits per heavy atom. The Bertz CT molecular complexity index is 348. The molecule has 2 rings (SSSR count). The molecular formula is C14H22N2. The quantitative estimate of drug-likeness (QED) is 0.773. The maximum Gasteiger partial charge on any atom is 0.0359 e. The van der Waals surface area contributed by atoms with E-state index in [1.54, 1.807) is 0 Å². The van der Waals surface area contributed by atoms with Gasteiger partial charge in [0.25, 0.3) is 0 Å². The van der Waals surface area contributed by atoms with Gasteiger partial charge in [-0.15, -0.1) is 0 Å². The predicted molar refractivity (Wildman–Crippen MR) is 69.1 cm³/mol. The summed E-state index contributed by atoms with van der Waals surface area (Å²) >= 11 is 0. The predicted octanol–water partition coefficient (Wildman–Crippen LogP) is 2.89. The number of likely N-dealkylation sites (tertiary alicyclic amines) is 1. The Kier molecular flexibility index (Phi) is 3.49. The van der Waals surface area contributed by atoms with E-state index in [-0.39, 0.29) is 0 Å². The second kappa shape index (κ2) is 4.88. The maximum atomic E-state index is 5.99. The molecule has 1 aromatic rings. The summed E-state index contributed by atoms with van der Waals surface area (Å²) in [7, 11) is 0. The summed E-state index contributed by atoms with van der Waals surface area (Å²) in [6.07, 6.45) is 2.68. The van der Waals surface area contributed by atoms with Crippen molar-refractivity contribution in [3.8, 4) is 0 Å². The van der Waals surface area contributed by atoms with E-state index in [1.807, 2.05) is 12.1 Å². The molecule has 1 aliphatic heterocycles. The first-order valence-electron chi connectivity index (χ1n) is 6.24. The van der Waals surface area contributed by atoms with Crippen molar-refractivity contribution in [2.24, 2.45) is 5.92 Å². The van der Waals surface area contributed by atoms with Gasteiger partial charge < -0.3 is 5.73 Å². The Morgan fingerprint density at radius 3 is 2.75 bits per heavy atom. The second-order valence-corrected chi connectivity index (χ2v) is 5.16. The SMILES string of the molecule is CC1CCC(C)N(Cc2ccccc2N)C1. The molecule has 2 unspecified atom stereocenters. The molecule has 1 fully saturated rings. The molecule has 88 valence electrons. The molecule has 0 aliphatic carbocycles. The number of nitrogen functional groups attached to an aromatic ring is 1. The number of benzene rings is 1. The monoisotopic (exact) mass is 218 g/mol. The van der Waals surface area contributed by atoms with Crippen LogP contribution in [0.1, 0.15) is 32.3 Å². The van der Waals surface area contributed by atoms with E-state index in [0.717, 1.165) is 18.2 Å². The smallest absolute Gasteiger partial charge is 0.0359 e. The summed E-state index contributed by atoms with van der Waals surface area (Å²) in [5.41, 5.74) is 8.18. The zero-order valence-corrected chi connectivity index (χ0v) is 10.3. The third-order valence-electron chi connectivity index (χ3n) is 3.68. The topological polar surface area (TPSA) is 29.3 Å². The molecular weight excluding hydrogens is 196 g/mol. The highest BCUT2D eigenvalue weighted by Crippen LogP contribution is 2.24. The summed E-state index contributed by atoms with van der Waals surface area (Å²) in [5.74, 6) is 0.820. The molecule has 2 atom stereocenters. The van der Waals surface area contributed by atoms with E-state index in [9.17, 15) is 0 Å². The third kappa shape index (κ3) is 2.56. The molecule has 2 heteroatoms. The maximum absolute atomic E-state index is 5.99. The van der Waals surface area contributed by atoms with Gasteiger partial charge in [0.2, 0.25) is 0 Å². The number of para-hydroxylation sites is 1. The highest BCUT2D eigenvalue weighted by molar-refractivity contribution is 5.46. The van der Waals surface area contributed by atoms with Crippen LogP contribution in [0.5, 0.6) is 0 Å². The highest BCUT2D eigenvalue weighted by atomic mass is 15.2. The highest BCUT2D eigenvalue weighted by Gasteiger charge is 2.22. The fourth-order valence-corrected chi connectivity index (χ4v) is 2.50. The zero-order valence-electron chi connectivity index (χ0n) is 10.3. The van der Waals surface area contributed by atoms with Gasteiger partial charge in [-0.3, -0.25) is 4.90 Å². The van der Waals surface area contributed by atoms with Crippen LogP contribution in [0.2, 0.25) is 0 Å². The van der Waals surface area contributed by atoms with Crippen molar-refractivity contribution < 1.29 is 0 Å². The van der Waals surface area contributed by atoms with Crippen LogP contribution in [0.25, 0.3) is 0 Å². The van der Waals surface area contributed by atoms with Crippen LogP contribution in [-0.2, 0) is 6.54 Å². The van der Waals surface area contributed by atoms with Crippen LogP contribution >= 0.6 is 0 Å². The normalized spacial score (nSPS) is 26.9. The molecule has 1 heterocycles. The Morgan fingerprint density at radius 2 is 2.00 bits per heavy atom. The van der Waals surface area contributed by atoms with Gasteiger partial charge >= 0.3 is 0 Å². The molecule has 1 aromatic carbocycles. The number of hydrogen-bond acceptors (Lipinski definition) is 2. The van der Waals surface area contributed by atoms with Gasteiger partial charge in [0.15, 0.2) is 0 Å². The summed E-state index contributed by atoms with van der Waals surface area (Å²) in [6.45, 7) is 6.87. The van der Waals surface area contributed by atoms with Crippen LogP contribution in [-0.4, -0.2) is 17.5 Å². The van der Waals surface area contributed by atoms with Crippen LogP contribution in [0, 0.1) is 5.92 Å². The molecule has 1 aliphatic rings. The average Bonchev–Trinajstić information content (AvgIpc) is 2.27. The number of hydrogen-bond donors (Lipinski definition) is 1. The van der Waals surface area contributed by atoms with Crippen molar-refractivity contribution in [1.82, 2.24) is 4.90 Å². The molecule has 2 N–H and O–H groups in total. The van der Waals surface area contributed by atoms with Crippen LogP contribution in [0.3, 0.4) is 0 Å². The lowest BCUT2D eigenvalue weighted by Gasteiger charge is -2.37. The van der Waals surface area contributed by atoms with Crippen molar-refractivity contribution in [3.63, 3.8) is 0 Å². The minimum atomic E-state index is 0.691. The average molecular weight is 218 g/mol. The molecule has 0 spiro atoms. The van der Waals surface area contributed by atoms with Crippen molar-refractivity contribution >= 4 is 5.69 Å². The first-order valence-corrected chi connectivity index (χ1v) is 6.24. The lowest BCUT2D eigenvalue weighted by atomic mass is 9.94. The molecule has 2 nitrogen and oxygen atoms in total. The van der Waals surface area contributed by atoms with E-state index in [1.165, 1.54) is 24.9 Å². The fourth-order valence-electron chi connectivity index (χ4n) is 2.50. The van der Waals surface area contributed by atoms with Gasteiger partial charge in [0.05, 0.1) is 0 Å². The minimum absolute atomic E-state index is 0.691. The van der Waals surface area contributed by atoms with Gasteiger partial charge in [-0.2, -0.15) is 0 Å². The Hall–Kier alpha value is -1.02. The number of nitrogens with zero attached hydrogens (tertiary/aromatic N) is 1. The summed E-state index contributed by atoms with van der Waals surface area (Å²) in [5, 5.41) is 0. The number of nitrogens with two attached hydrogens (primary N) is 1. The minimum Gasteiger partial charge on any atom is -0.398 e. The van der Waals surface area contributed by atoms with Crippen LogP contribution in [0.15, 0.2) is 24.3 Å². The summed E-state index contributed by atoms with van der Waals surface area (Å²) < 4.78 is 0. The third-order valence-corrected chi connectivity index (χ3v) is 3.68. The lowest BCUT2D eigenvalue weighted by molar-refractivity contribution is 0.117. The van der Waals surface area contributed by atoms with E-state index in [0.29, 0.717) is 6.04 Å². The molecule has 0 aromatic heterocycles. The zero-order chi connectivity index (χ0) is 11.5. The van der Waals surface area contributed by atoms with E-state index < -0.39 is 0 Å². The molecule has 16 heavy (non-hydrogen) atoms. The van der Waals surface area contributed by atoms with Gasteiger partial charge in [-0.05, 0) is 37.3 Å². The van der Waals surface area contributed by atoms with E-state index in [2.05, 4.69) is 30.9 Å². The van der Waals surface area contributed by atoms with E-state index >= 15 is 0 Å². The number of rotatable bonds is 2.